The molecular weight excluding hydrogens is 152 g/mol. The molecule has 0 aromatic carbocycles. The molecule has 0 saturated heterocycles. The number of hydrogen-bond donors (Lipinski definition) is 1. The predicted molar refractivity (Wildman–Crippen MR) is 49.9 cm³/mol. The van der Waals surface area contributed by atoms with Crippen molar-refractivity contribution in [1.29, 1.82) is 0 Å². The number of carboxylic acid groups (broad SMARTS) is 1. The summed E-state index contributed by atoms with van der Waals surface area (Å²) in [5.74, 6) is -0.704. The summed E-state index contributed by atoms with van der Waals surface area (Å²) in [4.78, 5) is 10.2. The monoisotopic (exact) mass is 171 g/mol. The molecule has 2 nitrogen and oxygen atoms in total. The molecule has 1 N–H and O–H groups in total. The van der Waals surface area contributed by atoms with Crippen molar-refractivity contribution in [2.45, 2.75) is 46.0 Å². The van der Waals surface area contributed by atoms with Crippen molar-refractivity contribution in [2.75, 3.05) is 0 Å². The van der Waals surface area contributed by atoms with Gasteiger partial charge in [-0.05, 0) is 25.2 Å². The molecule has 0 bridgehead atoms. The molecule has 0 spiro atoms. The highest BCUT2D eigenvalue weighted by Gasteiger charge is 2.19. The van der Waals surface area contributed by atoms with Gasteiger partial charge >= 0.3 is 5.97 Å². The minimum absolute atomic E-state index is 0.107. The van der Waals surface area contributed by atoms with E-state index in [1.54, 1.807) is 0 Å². The molecule has 0 amide bonds. The topological polar surface area (TPSA) is 37.3 Å². The van der Waals surface area contributed by atoms with Gasteiger partial charge in [-0.2, -0.15) is 0 Å². The molecule has 0 aliphatic heterocycles. The Morgan fingerprint density at radius 2 is 1.92 bits per heavy atom. The van der Waals surface area contributed by atoms with Crippen molar-refractivity contribution >= 4 is 5.97 Å². The van der Waals surface area contributed by atoms with Crippen LogP contribution in [0, 0.1) is 12.3 Å². The van der Waals surface area contributed by atoms with Crippen LogP contribution < -0.4 is 0 Å². The van der Waals surface area contributed by atoms with Crippen LogP contribution in [0.1, 0.15) is 46.0 Å². The Labute approximate surface area is 75.0 Å². The molecule has 0 aromatic heterocycles. The highest BCUT2D eigenvalue weighted by atomic mass is 16.4. The second-order valence-electron chi connectivity index (χ2n) is 3.45. The van der Waals surface area contributed by atoms with Gasteiger partial charge in [-0.3, -0.25) is 4.79 Å². The zero-order chi connectivity index (χ0) is 9.61. The number of carboxylic acids is 1. The van der Waals surface area contributed by atoms with E-state index >= 15 is 0 Å². The molecule has 0 atom stereocenters. The van der Waals surface area contributed by atoms with E-state index in [2.05, 4.69) is 20.8 Å². The van der Waals surface area contributed by atoms with E-state index < -0.39 is 5.97 Å². The largest absolute Gasteiger partial charge is 0.481 e. The van der Waals surface area contributed by atoms with E-state index in [1.807, 2.05) is 0 Å². The SMILES string of the molecule is [CH2]C(CC)(CC)CCCC(=O)O. The maximum Gasteiger partial charge on any atom is 0.303 e. The van der Waals surface area contributed by atoms with Crippen LogP contribution in [0.2, 0.25) is 0 Å². The fourth-order valence-corrected chi connectivity index (χ4v) is 1.22. The van der Waals surface area contributed by atoms with Gasteiger partial charge in [0.1, 0.15) is 0 Å². The van der Waals surface area contributed by atoms with E-state index in [4.69, 9.17) is 5.11 Å². The van der Waals surface area contributed by atoms with E-state index in [1.165, 1.54) is 0 Å². The van der Waals surface area contributed by atoms with E-state index in [0.29, 0.717) is 0 Å². The molecule has 0 unspecified atom stereocenters. The minimum atomic E-state index is -0.704. The summed E-state index contributed by atoms with van der Waals surface area (Å²) in [7, 11) is 0. The van der Waals surface area contributed by atoms with Crippen LogP contribution in [-0.4, -0.2) is 11.1 Å². The second-order valence-corrected chi connectivity index (χ2v) is 3.45. The van der Waals surface area contributed by atoms with Crippen molar-refractivity contribution in [3.63, 3.8) is 0 Å². The number of carbonyl (C=O) groups is 1. The average molecular weight is 171 g/mol. The van der Waals surface area contributed by atoms with E-state index in [-0.39, 0.29) is 11.8 Å². The molecular formula is C10H19O2. The van der Waals surface area contributed by atoms with Gasteiger partial charge in [0.25, 0.3) is 0 Å². The Kier molecular flexibility index (Phi) is 4.95. The van der Waals surface area contributed by atoms with Crippen molar-refractivity contribution in [2.24, 2.45) is 5.41 Å². The lowest BCUT2D eigenvalue weighted by molar-refractivity contribution is -0.137. The molecule has 0 aliphatic rings. The molecule has 12 heavy (non-hydrogen) atoms. The lowest BCUT2D eigenvalue weighted by Crippen LogP contribution is -2.14. The third kappa shape index (κ3) is 4.37. The van der Waals surface area contributed by atoms with Crippen LogP contribution in [-0.2, 0) is 4.79 Å². The molecule has 0 rings (SSSR count). The van der Waals surface area contributed by atoms with Crippen LogP contribution in [0.25, 0.3) is 0 Å². The van der Waals surface area contributed by atoms with Gasteiger partial charge in [-0.25, -0.2) is 0 Å². The molecule has 0 fully saturated rings. The van der Waals surface area contributed by atoms with Crippen LogP contribution in [0.4, 0.5) is 0 Å². The number of hydrogen-bond acceptors (Lipinski definition) is 1. The van der Waals surface area contributed by atoms with Crippen molar-refractivity contribution in [3.8, 4) is 0 Å². The zero-order valence-corrected chi connectivity index (χ0v) is 8.10. The Morgan fingerprint density at radius 1 is 1.42 bits per heavy atom. The summed E-state index contributed by atoms with van der Waals surface area (Å²) in [6.45, 7) is 8.33. The smallest absolute Gasteiger partial charge is 0.303 e. The maximum absolute atomic E-state index is 10.2. The van der Waals surface area contributed by atoms with Gasteiger partial charge in [-0.15, -0.1) is 0 Å². The van der Waals surface area contributed by atoms with Gasteiger partial charge in [0.15, 0.2) is 0 Å². The predicted octanol–water partition coefficient (Wildman–Crippen LogP) is 2.88. The third-order valence-corrected chi connectivity index (χ3v) is 2.60. The fourth-order valence-electron chi connectivity index (χ4n) is 1.22. The summed E-state index contributed by atoms with van der Waals surface area (Å²) in [6, 6.07) is 0. The molecule has 71 valence electrons. The summed E-state index contributed by atoms with van der Waals surface area (Å²) in [6.07, 6.45) is 4.01. The highest BCUT2D eigenvalue weighted by molar-refractivity contribution is 5.66. The van der Waals surface area contributed by atoms with E-state index in [9.17, 15) is 4.79 Å². The lowest BCUT2D eigenvalue weighted by atomic mass is 9.80. The average Bonchev–Trinajstić information content (AvgIpc) is 2.03. The first kappa shape index (κ1) is 11.5. The molecule has 0 aliphatic carbocycles. The van der Waals surface area contributed by atoms with Gasteiger partial charge < -0.3 is 5.11 Å². The Hall–Kier alpha value is -0.530. The summed E-state index contributed by atoms with van der Waals surface area (Å²) < 4.78 is 0. The number of aliphatic carboxylic acids is 1. The van der Waals surface area contributed by atoms with Gasteiger partial charge in [-0.1, -0.05) is 26.7 Å². The van der Waals surface area contributed by atoms with Gasteiger partial charge in [0, 0.05) is 6.42 Å². The van der Waals surface area contributed by atoms with Crippen LogP contribution in [0.3, 0.4) is 0 Å². The van der Waals surface area contributed by atoms with Crippen LogP contribution >= 0.6 is 0 Å². The normalized spacial score (nSPS) is 11.6. The second kappa shape index (κ2) is 5.18. The Morgan fingerprint density at radius 3 is 2.25 bits per heavy atom. The molecule has 0 aromatic rings. The minimum Gasteiger partial charge on any atom is -0.481 e. The van der Waals surface area contributed by atoms with Crippen LogP contribution in [0.15, 0.2) is 0 Å². The first-order valence-corrected chi connectivity index (χ1v) is 4.61. The quantitative estimate of drug-likeness (QED) is 0.667. The summed E-state index contributed by atoms with van der Waals surface area (Å²) in [5.41, 5.74) is 0.107. The zero-order valence-electron chi connectivity index (χ0n) is 8.10. The van der Waals surface area contributed by atoms with E-state index in [0.717, 1.165) is 25.7 Å². The maximum atomic E-state index is 10.2. The van der Waals surface area contributed by atoms with Crippen molar-refractivity contribution in [3.05, 3.63) is 6.92 Å². The number of rotatable bonds is 6. The third-order valence-electron chi connectivity index (χ3n) is 2.60. The summed E-state index contributed by atoms with van der Waals surface area (Å²) in [5, 5.41) is 8.44. The summed E-state index contributed by atoms with van der Waals surface area (Å²) >= 11 is 0. The Balaban J connectivity index is 3.65. The fraction of sp³-hybridized carbons (Fsp3) is 0.800. The van der Waals surface area contributed by atoms with Crippen molar-refractivity contribution in [1.82, 2.24) is 0 Å². The molecule has 2 heteroatoms. The highest BCUT2D eigenvalue weighted by Crippen LogP contribution is 2.30. The molecule has 0 saturated carbocycles. The van der Waals surface area contributed by atoms with Gasteiger partial charge in [0.05, 0.1) is 0 Å². The van der Waals surface area contributed by atoms with Crippen LogP contribution in [0.5, 0.6) is 0 Å². The van der Waals surface area contributed by atoms with Gasteiger partial charge in [0.2, 0.25) is 0 Å². The Bertz CT molecular complexity index is 137. The standard InChI is InChI=1S/C10H19O2/c1-4-10(3,5-2)8-6-7-9(11)12/h3-8H2,1-2H3,(H,11,12). The lowest BCUT2D eigenvalue weighted by Gasteiger charge is -2.25. The van der Waals surface area contributed by atoms with Crippen molar-refractivity contribution < 1.29 is 9.90 Å². The first-order chi connectivity index (χ1) is 5.54. The molecule has 1 radical (unpaired) electrons. The first-order valence-electron chi connectivity index (χ1n) is 4.61. The molecule has 0 heterocycles.